The summed E-state index contributed by atoms with van der Waals surface area (Å²) >= 11 is 0. The van der Waals surface area contributed by atoms with Gasteiger partial charge >= 0.3 is 0 Å². The molecule has 0 saturated heterocycles. The third-order valence-electron chi connectivity index (χ3n) is 6.59. The van der Waals surface area contributed by atoms with Crippen molar-refractivity contribution in [1.29, 1.82) is 0 Å². The number of carbonyl (C=O) groups excluding carboxylic acids is 1. The summed E-state index contributed by atoms with van der Waals surface area (Å²) in [5, 5.41) is 12.8. The highest BCUT2D eigenvalue weighted by Gasteiger charge is 2.29. The van der Waals surface area contributed by atoms with Crippen LogP contribution in [0.2, 0.25) is 0 Å². The molecular formula is C28H21N7O. The summed E-state index contributed by atoms with van der Waals surface area (Å²) in [4.78, 5) is 28.9. The lowest BCUT2D eigenvalue weighted by Gasteiger charge is -2.07. The molecule has 6 aromatic rings. The van der Waals surface area contributed by atoms with E-state index in [1.165, 1.54) is 0 Å². The van der Waals surface area contributed by atoms with Gasteiger partial charge in [-0.15, -0.1) is 0 Å². The van der Waals surface area contributed by atoms with Crippen molar-refractivity contribution in [2.75, 3.05) is 5.32 Å². The van der Waals surface area contributed by atoms with Gasteiger partial charge in [-0.05, 0) is 54.8 Å². The van der Waals surface area contributed by atoms with E-state index in [0.717, 1.165) is 68.4 Å². The molecule has 1 aromatic carbocycles. The second-order valence-corrected chi connectivity index (χ2v) is 9.10. The van der Waals surface area contributed by atoms with Crippen molar-refractivity contribution < 1.29 is 4.79 Å². The van der Waals surface area contributed by atoms with E-state index in [1.54, 1.807) is 18.6 Å². The Bertz CT molecular complexity index is 1750. The fourth-order valence-electron chi connectivity index (χ4n) is 4.56. The van der Waals surface area contributed by atoms with Crippen LogP contribution in [0, 0.1) is 5.92 Å². The molecule has 1 fully saturated rings. The highest BCUT2D eigenvalue weighted by atomic mass is 16.2. The standard InChI is InChI=1S/C28H21N7O/c36-28(16-4-5-16)32-19-9-18(12-29-13-19)17-6-7-24-21(10-17)27(35-34-24)25-11-20-22(14-30-15-26(20)33-25)23-3-1-2-8-31-23/h1-3,6-16,33H,4-5H2,(H,32,36)(H,34,35). The first-order valence-corrected chi connectivity index (χ1v) is 11.9. The first kappa shape index (κ1) is 20.5. The average Bonchev–Trinajstić information content (AvgIpc) is 3.55. The Morgan fingerprint density at radius 1 is 0.889 bits per heavy atom. The molecule has 0 atom stereocenters. The molecular weight excluding hydrogens is 450 g/mol. The fourth-order valence-corrected chi connectivity index (χ4v) is 4.56. The zero-order valence-corrected chi connectivity index (χ0v) is 19.2. The van der Waals surface area contributed by atoms with Gasteiger partial charge < -0.3 is 10.3 Å². The fraction of sp³-hybridized carbons (Fsp3) is 0.107. The van der Waals surface area contributed by atoms with Crippen LogP contribution in [-0.2, 0) is 4.79 Å². The van der Waals surface area contributed by atoms with Crippen LogP contribution in [0.5, 0.6) is 0 Å². The van der Waals surface area contributed by atoms with Crippen LogP contribution in [-0.4, -0.2) is 36.0 Å². The quantitative estimate of drug-likeness (QED) is 0.304. The molecule has 36 heavy (non-hydrogen) atoms. The number of benzene rings is 1. The molecule has 1 aliphatic rings. The van der Waals surface area contributed by atoms with Gasteiger partial charge in [0.25, 0.3) is 0 Å². The van der Waals surface area contributed by atoms with Crippen LogP contribution in [0.25, 0.3) is 55.6 Å². The number of carbonyl (C=O) groups is 1. The second kappa shape index (κ2) is 8.13. The molecule has 8 heteroatoms. The molecule has 1 aliphatic carbocycles. The van der Waals surface area contributed by atoms with Crippen molar-refractivity contribution in [3.05, 3.63) is 79.5 Å². The van der Waals surface area contributed by atoms with E-state index in [1.807, 2.05) is 48.8 Å². The molecule has 0 bridgehead atoms. The molecule has 0 unspecified atom stereocenters. The Morgan fingerprint density at radius 3 is 2.67 bits per heavy atom. The van der Waals surface area contributed by atoms with E-state index in [2.05, 4.69) is 47.6 Å². The largest absolute Gasteiger partial charge is 0.352 e. The minimum Gasteiger partial charge on any atom is -0.352 e. The predicted molar refractivity (Wildman–Crippen MR) is 139 cm³/mol. The molecule has 8 nitrogen and oxygen atoms in total. The number of rotatable bonds is 5. The van der Waals surface area contributed by atoms with E-state index >= 15 is 0 Å². The van der Waals surface area contributed by atoms with Crippen molar-refractivity contribution in [1.82, 2.24) is 30.1 Å². The summed E-state index contributed by atoms with van der Waals surface area (Å²) in [5.74, 6) is 0.211. The number of hydrogen-bond donors (Lipinski definition) is 3. The predicted octanol–water partition coefficient (Wildman–Crippen LogP) is 5.58. The van der Waals surface area contributed by atoms with Gasteiger partial charge in [0.2, 0.25) is 5.91 Å². The summed E-state index contributed by atoms with van der Waals surface area (Å²) in [6.07, 6.45) is 10.9. The van der Waals surface area contributed by atoms with Gasteiger partial charge in [0, 0.05) is 46.4 Å². The maximum Gasteiger partial charge on any atom is 0.227 e. The topological polar surface area (TPSA) is 112 Å². The zero-order chi connectivity index (χ0) is 24.1. The number of fused-ring (bicyclic) bond motifs is 2. The van der Waals surface area contributed by atoms with E-state index in [9.17, 15) is 4.79 Å². The number of H-pyrrole nitrogens is 2. The van der Waals surface area contributed by atoms with Crippen LogP contribution in [0.4, 0.5) is 5.69 Å². The first-order chi connectivity index (χ1) is 17.7. The monoisotopic (exact) mass is 471 g/mol. The van der Waals surface area contributed by atoms with Crippen LogP contribution in [0.3, 0.4) is 0 Å². The number of pyridine rings is 3. The highest BCUT2D eigenvalue weighted by molar-refractivity contribution is 6.01. The molecule has 7 rings (SSSR count). The Balaban J connectivity index is 1.28. The molecule has 174 valence electrons. The molecule has 0 spiro atoms. The Kier molecular flexibility index (Phi) is 4.63. The van der Waals surface area contributed by atoms with Crippen LogP contribution >= 0.6 is 0 Å². The molecule has 5 heterocycles. The number of nitrogens with one attached hydrogen (secondary N) is 3. The maximum atomic E-state index is 12.2. The number of aromatic amines is 2. The smallest absolute Gasteiger partial charge is 0.227 e. The molecule has 0 radical (unpaired) electrons. The van der Waals surface area contributed by atoms with Crippen LogP contribution in [0.1, 0.15) is 12.8 Å². The minimum atomic E-state index is 0.0693. The van der Waals surface area contributed by atoms with Gasteiger partial charge in [-0.2, -0.15) is 5.10 Å². The first-order valence-electron chi connectivity index (χ1n) is 11.9. The lowest BCUT2D eigenvalue weighted by molar-refractivity contribution is -0.117. The third-order valence-corrected chi connectivity index (χ3v) is 6.59. The van der Waals surface area contributed by atoms with Crippen molar-refractivity contribution in [2.45, 2.75) is 12.8 Å². The average molecular weight is 472 g/mol. The second-order valence-electron chi connectivity index (χ2n) is 9.10. The molecule has 1 saturated carbocycles. The van der Waals surface area contributed by atoms with Crippen molar-refractivity contribution >= 4 is 33.4 Å². The summed E-state index contributed by atoms with van der Waals surface area (Å²) in [6, 6.07) is 16.1. The molecule has 0 aliphatic heterocycles. The summed E-state index contributed by atoms with van der Waals surface area (Å²) in [5.41, 5.74) is 8.03. The van der Waals surface area contributed by atoms with Gasteiger partial charge in [-0.1, -0.05) is 12.1 Å². The van der Waals surface area contributed by atoms with E-state index in [4.69, 9.17) is 0 Å². The Hall–Kier alpha value is -4.85. The summed E-state index contributed by atoms with van der Waals surface area (Å²) in [6.45, 7) is 0. The molecule has 3 N–H and O–H groups in total. The molecule has 5 aromatic heterocycles. The molecule has 1 amide bonds. The van der Waals surface area contributed by atoms with Gasteiger partial charge in [-0.3, -0.25) is 24.8 Å². The lowest BCUT2D eigenvalue weighted by atomic mass is 10.0. The number of nitrogens with zero attached hydrogens (tertiary/aromatic N) is 4. The van der Waals surface area contributed by atoms with Gasteiger partial charge in [0.15, 0.2) is 0 Å². The van der Waals surface area contributed by atoms with E-state index in [0.29, 0.717) is 5.69 Å². The zero-order valence-electron chi connectivity index (χ0n) is 19.2. The summed E-state index contributed by atoms with van der Waals surface area (Å²) in [7, 11) is 0. The number of hydrogen-bond acceptors (Lipinski definition) is 5. The van der Waals surface area contributed by atoms with Crippen LogP contribution in [0.15, 0.2) is 79.5 Å². The maximum absolute atomic E-state index is 12.2. The normalized spacial score (nSPS) is 13.3. The minimum absolute atomic E-state index is 0.0693. The third kappa shape index (κ3) is 3.60. The highest BCUT2D eigenvalue weighted by Crippen LogP contribution is 2.35. The van der Waals surface area contributed by atoms with Crippen molar-refractivity contribution in [3.8, 4) is 33.8 Å². The van der Waals surface area contributed by atoms with E-state index < -0.39 is 0 Å². The van der Waals surface area contributed by atoms with Crippen LogP contribution < -0.4 is 5.32 Å². The number of aromatic nitrogens is 6. The van der Waals surface area contributed by atoms with Crippen molar-refractivity contribution in [3.63, 3.8) is 0 Å². The van der Waals surface area contributed by atoms with Crippen molar-refractivity contribution in [2.24, 2.45) is 5.92 Å². The lowest BCUT2D eigenvalue weighted by Crippen LogP contribution is -2.13. The Morgan fingerprint density at radius 2 is 1.81 bits per heavy atom. The van der Waals surface area contributed by atoms with Gasteiger partial charge in [0.1, 0.15) is 5.69 Å². The Labute approximate surface area is 205 Å². The summed E-state index contributed by atoms with van der Waals surface area (Å²) < 4.78 is 0. The number of anilines is 1. The van der Waals surface area contributed by atoms with Gasteiger partial charge in [-0.25, -0.2) is 0 Å². The number of amides is 1. The SMILES string of the molecule is O=C(Nc1cncc(-c2ccc3[nH]nc(-c4cc5c(-c6ccccn6)cncc5[nH]4)c3c2)c1)C1CC1. The van der Waals surface area contributed by atoms with Gasteiger partial charge in [0.05, 0.1) is 40.5 Å². The van der Waals surface area contributed by atoms with E-state index in [-0.39, 0.29) is 11.8 Å².